The van der Waals surface area contributed by atoms with E-state index in [9.17, 15) is 4.39 Å². The van der Waals surface area contributed by atoms with E-state index < -0.39 is 0 Å². The maximum atomic E-state index is 13.1. The summed E-state index contributed by atoms with van der Waals surface area (Å²) in [5.41, 5.74) is 7.13. The van der Waals surface area contributed by atoms with E-state index in [0.717, 1.165) is 16.3 Å². The van der Waals surface area contributed by atoms with Crippen molar-refractivity contribution < 1.29 is 8.81 Å². The number of hydrogen-bond acceptors (Lipinski definition) is 2. The molecular formula is C10H11FNOP. The van der Waals surface area contributed by atoms with E-state index in [4.69, 9.17) is 10.2 Å². The number of nitrogens with two attached hydrogens (primary N) is 1. The van der Waals surface area contributed by atoms with Crippen LogP contribution in [0.3, 0.4) is 0 Å². The first-order chi connectivity index (χ1) is 6.63. The molecule has 0 amide bonds. The Labute approximate surface area is 83.5 Å². The largest absolute Gasteiger partial charge is 0.459 e. The third-order valence-electron chi connectivity index (χ3n) is 2.32. The van der Waals surface area contributed by atoms with Crippen LogP contribution in [0.15, 0.2) is 16.5 Å². The highest BCUT2D eigenvalue weighted by molar-refractivity contribution is 7.28. The highest BCUT2D eigenvalue weighted by Gasteiger charge is 2.12. The molecule has 0 aliphatic rings. The highest BCUT2D eigenvalue weighted by atomic mass is 31.0. The number of furan rings is 1. The Kier molecular flexibility index (Phi) is 2.30. The Hall–Kier alpha value is -0.920. The van der Waals surface area contributed by atoms with E-state index in [1.54, 1.807) is 0 Å². The predicted molar refractivity (Wildman–Crippen MR) is 58.1 cm³/mol. The number of benzene rings is 1. The Bertz CT molecular complexity index is 492. The fourth-order valence-electron chi connectivity index (χ4n) is 1.55. The summed E-state index contributed by atoms with van der Waals surface area (Å²) < 4.78 is 18.6. The topological polar surface area (TPSA) is 39.2 Å². The van der Waals surface area contributed by atoms with E-state index in [-0.39, 0.29) is 5.82 Å². The van der Waals surface area contributed by atoms with Crippen molar-refractivity contribution >= 4 is 25.5 Å². The molecule has 2 N–H and O–H groups in total. The average molecular weight is 211 g/mol. The maximum Gasteiger partial charge on any atom is 0.141 e. The summed E-state index contributed by atoms with van der Waals surface area (Å²) in [7, 11) is 2.46. The molecule has 1 aromatic heterocycles. The zero-order valence-corrected chi connectivity index (χ0v) is 8.96. The van der Waals surface area contributed by atoms with Gasteiger partial charge in [0.2, 0.25) is 0 Å². The quantitative estimate of drug-likeness (QED) is 0.731. The molecule has 2 aromatic rings. The minimum Gasteiger partial charge on any atom is -0.459 e. The van der Waals surface area contributed by atoms with E-state index in [1.807, 2.05) is 6.92 Å². The lowest BCUT2D eigenvalue weighted by Crippen LogP contribution is -1.95. The summed E-state index contributed by atoms with van der Waals surface area (Å²) in [6, 6.07) is 2.90. The van der Waals surface area contributed by atoms with Gasteiger partial charge in [-0.05, 0) is 24.6 Å². The summed E-state index contributed by atoms with van der Waals surface area (Å²) in [5.74, 6) is 0.462. The fourth-order valence-corrected chi connectivity index (χ4v) is 1.93. The van der Waals surface area contributed by atoms with Crippen LogP contribution < -0.4 is 11.0 Å². The normalized spacial score (nSPS) is 11.1. The van der Waals surface area contributed by atoms with Crippen molar-refractivity contribution in [1.82, 2.24) is 0 Å². The van der Waals surface area contributed by atoms with Crippen molar-refractivity contribution in [2.75, 3.05) is 0 Å². The summed E-state index contributed by atoms with van der Waals surface area (Å²) in [4.78, 5) is 0. The van der Waals surface area contributed by atoms with Gasteiger partial charge in [0.25, 0.3) is 0 Å². The van der Waals surface area contributed by atoms with Crippen LogP contribution in [0.1, 0.15) is 11.3 Å². The molecule has 0 aliphatic heterocycles. The van der Waals surface area contributed by atoms with Crippen LogP contribution in [-0.4, -0.2) is 0 Å². The van der Waals surface area contributed by atoms with Crippen molar-refractivity contribution in [3.8, 4) is 0 Å². The Morgan fingerprint density at radius 2 is 2.21 bits per heavy atom. The van der Waals surface area contributed by atoms with Crippen LogP contribution in [0.4, 0.5) is 4.39 Å². The summed E-state index contributed by atoms with van der Waals surface area (Å²) in [6.45, 7) is 2.23. The van der Waals surface area contributed by atoms with Gasteiger partial charge in [-0.1, -0.05) is 0 Å². The molecule has 0 spiro atoms. The Morgan fingerprint density at radius 1 is 1.50 bits per heavy atom. The molecule has 1 aromatic carbocycles. The van der Waals surface area contributed by atoms with Crippen LogP contribution in [0.2, 0.25) is 0 Å². The molecule has 74 valence electrons. The van der Waals surface area contributed by atoms with Gasteiger partial charge in [0.1, 0.15) is 17.2 Å². The molecule has 1 atom stereocenters. The van der Waals surface area contributed by atoms with Crippen LogP contribution in [0.25, 0.3) is 11.0 Å². The summed E-state index contributed by atoms with van der Waals surface area (Å²) in [6.07, 6.45) is 0. The van der Waals surface area contributed by atoms with Gasteiger partial charge in [0.05, 0.1) is 6.54 Å². The minimum atomic E-state index is -0.255. The Morgan fingerprint density at radius 3 is 2.86 bits per heavy atom. The SMILES string of the molecule is Cc1c(CN)oc2c(P)cc(F)cc12. The second kappa shape index (κ2) is 3.34. The number of rotatable bonds is 1. The van der Waals surface area contributed by atoms with Crippen molar-refractivity contribution in [3.63, 3.8) is 0 Å². The van der Waals surface area contributed by atoms with Gasteiger partial charge in [0, 0.05) is 10.7 Å². The minimum absolute atomic E-state index is 0.255. The fraction of sp³-hybridized carbons (Fsp3) is 0.200. The van der Waals surface area contributed by atoms with Gasteiger partial charge in [0.15, 0.2) is 0 Å². The third kappa shape index (κ3) is 1.33. The second-order valence-electron chi connectivity index (χ2n) is 3.23. The highest BCUT2D eigenvalue weighted by Crippen LogP contribution is 2.25. The first-order valence-electron chi connectivity index (χ1n) is 4.30. The summed E-state index contributed by atoms with van der Waals surface area (Å²) >= 11 is 0. The van der Waals surface area contributed by atoms with Gasteiger partial charge < -0.3 is 10.2 Å². The van der Waals surface area contributed by atoms with Crippen LogP contribution >= 0.6 is 9.24 Å². The first kappa shape index (κ1) is 9.63. The van der Waals surface area contributed by atoms with Crippen molar-refractivity contribution in [1.29, 1.82) is 0 Å². The van der Waals surface area contributed by atoms with E-state index in [0.29, 0.717) is 17.9 Å². The van der Waals surface area contributed by atoms with Crippen molar-refractivity contribution in [3.05, 3.63) is 29.3 Å². The maximum absolute atomic E-state index is 13.1. The molecule has 0 saturated heterocycles. The number of fused-ring (bicyclic) bond motifs is 1. The van der Waals surface area contributed by atoms with Gasteiger partial charge in [-0.3, -0.25) is 0 Å². The molecular weight excluding hydrogens is 200 g/mol. The number of halogens is 1. The van der Waals surface area contributed by atoms with E-state index in [1.165, 1.54) is 12.1 Å². The van der Waals surface area contributed by atoms with Gasteiger partial charge in [-0.2, -0.15) is 0 Å². The van der Waals surface area contributed by atoms with Crippen molar-refractivity contribution in [2.45, 2.75) is 13.5 Å². The molecule has 1 heterocycles. The Balaban J connectivity index is 2.85. The molecule has 4 heteroatoms. The molecule has 0 radical (unpaired) electrons. The van der Waals surface area contributed by atoms with Crippen LogP contribution in [0.5, 0.6) is 0 Å². The molecule has 0 fully saturated rings. The standard InChI is InChI=1S/C10H11FNOP/c1-5-7-2-6(11)3-9(14)10(7)13-8(5)4-12/h2-3H,4,12,14H2,1H3. The smallest absolute Gasteiger partial charge is 0.141 e. The van der Waals surface area contributed by atoms with Gasteiger partial charge in [-0.25, -0.2) is 4.39 Å². The monoisotopic (exact) mass is 211 g/mol. The van der Waals surface area contributed by atoms with Gasteiger partial charge >= 0.3 is 0 Å². The number of aryl methyl sites for hydroxylation is 1. The van der Waals surface area contributed by atoms with Crippen LogP contribution in [0, 0.1) is 12.7 Å². The zero-order chi connectivity index (χ0) is 10.3. The van der Waals surface area contributed by atoms with E-state index in [2.05, 4.69) is 9.24 Å². The lowest BCUT2D eigenvalue weighted by molar-refractivity contribution is 0.550. The molecule has 0 bridgehead atoms. The molecule has 1 unspecified atom stereocenters. The van der Waals surface area contributed by atoms with Crippen molar-refractivity contribution in [2.24, 2.45) is 5.73 Å². The first-order valence-corrected chi connectivity index (χ1v) is 4.88. The zero-order valence-electron chi connectivity index (χ0n) is 7.80. The van der Waals surface area contributed by atoms with E-state index >= 15 is 0 Å². The summed E-state index contributed by atoms with van der Waals surface area (Å²) in [5, 5.41) is 1.53. The second-order valence-corrected chi connectivity index (χ2v) is 3.85. The molecule has 0 saturated carbocycles. The predicted octanol–water partition coefficient (Wildman–Crippen LogP) is 1.84. The third-order valence-corrected chi connectivity index (χ3v) is 2.74. The average Bonchev–Trinajstić information content (AvgIpc) is 2.44. The lowest BCUT2D eigenvalue weighted by Gasteiger charge is -1.94. The molecule has 2 nitrogen and oxygen atoms in total. The van der Waals surface area contributed by atoms with Crippen LogP contribution in [-0.2, 0) is 6.54 Å². The molecule has 14 heavy (non-hydrogen) atoms. The molecule has 0 aliphatic carbocycles. The molecule has 2 rings (SSSR count). The number of hydrogen-bond donors (Lipinski definition) is 1. The van der Waals surface area contributed by atoms with Gasteiger partial charge in [-0.15, -0.1) is 9.24 Å². The lowest BCUT2D eigenvalue weighted by atomic mass is 10.1.